The van der Waals surface area contributed by atoms with Crippen LogP contribution in [0.5, 0.6) is 5.75 Å². The lowest BCUT2D eigenvalue weighted by molar-refractivity contribution is -0.139. The minimum atomic E-state index is -1.06. The molecule has 0 aliphatic heterocycles. The number of benzene rings is 1. The summed E-state index contributed by atoms with van der Waals surface area (Å²) in [5.74, 6) is -1.25. The monoisotopic (exact) mass is 221 g/mol. The third kappa shape index (κ3) is 3.83. The van der Waals surface area contributed by atoms with Crippen molar-refractivity contribution in [1.82, 2.24) is 0 Å². The van der Waals surface area contributed by atoms with Crippen LogP contribution in [0.4, 0.5) is 0 Å². The maximum Gasteiger partial charge on any atom is 0.341 e. The van der Waals surface area contributed by atoms with Gasteiger partial charge in [-0.1, -0.05) is 18.2 Å². The normalized spacial score (nSPS) is 10.2. The maximum atomic E-state index is 10.6. The molecule has 84 valence electrons. The number of aliphatic carboxylic acids is 1. The number of carbonyl (C=O) groups excluding carboxylic acids is 1. The standard InChI is InChI=1S/C11H11NO4/c12-10(13)6-5-8-3-1-2-4-9(8)16-7-11(14)15/h1-6H,7H2,(H2,12,13)(H,14,15)/b6-5-. The van der Waals surface area contributed by atoms with Crippen LogP contribution in [0.2, 0.25) is 0 Å². The zero-order valence-corrected chi connectivity index (χ0v) is 8.42. The van der Waals surface area contributed by atoms with Crippen molar-refractivity contribution in [2.45, 2.75) is 0 Å². The molecule has 0 aliphatic rings. The number of hydrogen-bond acceptors (Lipinski definition) is 3. The highest BCUT2D eigenvalue weighted by Crippen LogP contribution is 2.19. The first-order valence-corrected chi connectivity index (χ1v) is 4.50. The fourth-order valence-electron chi connectivity index (χ4n) is 1.06. The first-order chi connectivity index (χ1) is 7.59. The summed E-state index contributed by atoms with van der Waals surface area (Å²) in [5, 5.41) is 8.47. The van der Waals surface area contributed by atoms with Crippen molar-refractivity contribution >= 4 is 18.0 Å². The summed E-state index contributed by atoms with van der Waals surface area (Å²) >= 11 is 0. The molecule has 0 unspecified atom stereocenters. The SMILES string of the molecule is NC(=O)/C=C\c1ccccc1OCC(=O)O. The lowest BCUT2D eigenvalue weighted by Crippen LogP contribution is -2.10. The summed E-state index contributed by atoms with van der Waals surface area (Å²) in [6.45, 7) is -0.429. The van der Waals surface area contributed by atoms with E-state index in [2.05, 4.69) is 0 Å². The van der Waals surface area contributed by atoms with Gasteiger partial charge in [0.15, 0.2) is 6.61 Å². The van der Waals surface area contributed by atoms with Crippen LogP contribution in [0.3, 0.4) is 0 Å². The van der Waals surface area contributed by atoms with Crippen LogP contribution in [-0.2, 0) is 9.59 Å². The van der Waals surface area contributed by atoms with E-state index in [1.165, 1.54) is 12.2 Å². The van der Waals surface area contributed by atoms with E-state index in [1.807, 2.05) is 0 Å². The number of rotatable bonds is 5. The summed E-state index contributed by atoms with van der Waals surface area (Å²) in [7, 11) is 0. The Balaban J connectivity index is 2.83. The summed E-state index contributed by atoms with van der Waals surface area (Å²) in [6, 6.07) is 6.76. The number of carboxylic acid groups (broad SMARTS) is 1. The van der Waals surface area contributed by atoms with Gasteiger partial charge in [-0.2, -0.15) is 0 Å². The highest BCUT2D eigenvalue weighted by molar-refractivity contribution is 5.90. The maximum absolute atomic E-state index is 10.6. The molecule has 0 saturated carbocycles. The van der Waals surface area contributed by atoms with Gasteiger partial charge in [0, 0.05) is 11.6 Å². The van der Waals surface area contributed by atoms with E-state index in [1.54, 1.807) is 24.3 Å². The molecule has 5 heteroatoms. The zero-order chi connectivity index (χ0) is 12.0. The number of carbonyl (C=O) groups is 2. The Morgan fingerprint density at radius 3 is 2.69 bits per heavy atom. The van der Waals surface area contributed by atoms with Crippen LogP contribution < -0.4 is 10.5 Å². The van der Waals surface area contributed by atoms with Crippen molar-refractivity contribution in [2.24, 2.45) is 5.73 Å². The Bertz CT molecular complexity index is 426. The van der Waals surface area contributed by atoms with E-state index in [0.29, 0.717) is 11.3 Å². The molecule has 0 fully saturated rings. The molecule has 1 aromatic carbocycles. The van der Waals surface area contributed by atoms with E-state index in [0.717, 1.165) is 0 Å². The van der Waals surface area contributed by atoms with Crippen LogP contribution in [-0.4, -0.2) is 23.6 Å². The Labute approximate surface area is 92.1 Å². The van der Waals surface area contributed by atoms with Crippen LogP contribution in [0.15, 0.2) is 30.3 Å². The summed E-state index contributed by atoms with van der Waals surface area (Å²) in [6.07, 6.45) is 2.66. The van der Waals surface area contributed by atoms with Gasteiger partial charge in [-0.15, -0.1) is 0 Å². The molecular formula is C11H11NO4. The van der Waals surface area contributed by atoms with Crippen molar-refractivity contribution < 1.29 is 19.4 Å². The molecule has 0 saturated heterocycles. The molecule has 0 radical (unpaired) electrons. The molecule has 3 N–H and O–H groups in total. The van der Waals surface area contributed by atoms with Gasteiger partial charge in [-0.25, -0.2) is 4.79 Å². The third-order valence-corrected chi connectivity index (χ3v) is 1.70. The Morgan fingerprint density at radius 2 is 2.06 bits per heavy atom. The molecule has 0 bridgehead atoms. The predicted molar refractivity (Wildman–Crippen MR) is 57.8 cm³/mol. The second kappa shape index (κ2) is 5.55. The molecule has 0 spiro atoms. The smallest absolute Gasteiger partial charge is 0.341 e. The number of nitrogens with two attached hydrogens (primary N) is 1. The van der Waals surface area contributed by atoms with Crippen LogP contribution in [0.25, 0.3) is 6.08 Å². The highest BCUT2D eigenvalue weighted by Gasteiger charge is 2.02. The first kappa shape index (κ1) is 11.8. The van der Waals surface area contributed by atoms with Crippen molar-refractivity contribution in [1.29, 1.82) is 0 Å². The molecule has 0 aliphatic carbocycles. The fourth-order valence-corrected chi connectivity index (χ4v) is 1.06. The topological polar surface area (TPSA) is 89.6 Å². The minimum absolute atomic E-state index is 0.391. The molecule has 0 heterocycles. The molecule has 0 atom stereocenters. The number of para-hydroxylation sites is 1. The average molecular weight is 221 g/mol. The minimum Gasteiger partial charge on any atom is -0.481 e. The van der Waals surface area contributed by atoms with Crippen LogP contribution >= 0.6 is 0 Å². The van der Waals surface area contributed by atoms with E-state index in [4.69, 9.17) is 15.6 Å². The number of amides is 1. The zero-order valence-electron chi connectivity index (χ0n) is 8.42. The van der Waals surface area contributed by atoms with Gasteiger partial charge in [0.2, 0.25) is 5.91 Å². The Morgan fingerprint density at radius 1 is 1.38 bits per heavy atom. The quantitative estimate of drug-likeness (QED) is 0.714. The van der Waals surface area contributed by atoms with Gasteiger partial charge >= 0.3 is 5.97 Å². The fraction of sp³-hybridized carbons (Fsp3) is 0.0909. The molecule has 16 heavy (non-hydrogen) atoms. The molecule has 1 aromatic rings. The van der Waals surface area contributed by atoms with E-state index in [9.17, 15) is 9.59 Å². The van der Waals surface area contributed by atoms with E-state index in [-0.39, 0.29) is 0 Å². The lowest BCUT2D eigenvalue weighted by atomic mass is 10.2. The average Bonchev–Trinajstić information content (AvgIpc) is 2.24. The Kier molecular flexibility index (Phi) is 4.08. The summed E-state index contributed by atoms with van der Waals surface area (Å²) < 4.78 is 5.03. The van der Waals surface area contributed by atoms with E-state index < -0.39 is 18.5 Å². The van der Waals surface area contributed by atoms with Crippen molar-refractivity contribution in [3.63, 3.8) is 0 Å². The van der Waals surface area contributed by atoms with Gasteiger partial charge in [0.25, 0.3) is 0 Å². The van der Waals surface area contributed by atoms with Crippen LogP contribution in [0.1, 0.15) is 5.56 Å². The Hall–Kier alpha value is -2.30. The largest absolute Gasteiger partial charge is 0.481 e. The second-order valence-electron chi connectivity index (χ2n) is 2.96. The number of hydrogen-bond donors (Lipinski definition) is 2. The van der Waals surface area contributed by atoms with Gasteiger partial charge in [-0.05, 0) is 12.1 Å². The molecule has 5 nitrogen and oxygen atoms in total. The van der Waals surface area contributed by atoms with Gasteiger partial charge in [0.1, 0.15) is 5.75 Å². The summed E-state index contributed by atoms with van der Waals surface area (Å²) in [4.78, 5) is 20.9. The summed E-state index contributed by atoms with van der Waals surface area (Å²) in [5.41, 5.74) is 5.55. The predicted octanol–water partition coefficient (Wildman–Crippen LogP) is 0.648. The number of ether oxygens (including phenoxy) is 1. The molecular weight excluding hydrogens is 210 g/mol. The number of primary amides is 1. The second-order valence-corrected chi connectivity index (χ2v) is 2.96. The van der Waals surface area contributed by atoms with Gasteiger partial charge in [-0.3, -0.25) is 4.79 Å². The van der Waals surface area contributed by atoms with E-state index >= 15 is 0 Å². The van der Waals surface area contributed by atoms with Gasteiger partial charge < -0.3 is 15.6 Å². The van der Waals surface area contributed by atoms with Crippen LogP contribution in [0, 0.1) is 0 Å². The van der Waals surface area contributed by atoms with Crippen molar-refractivity contribution in [3.05, 3.63) is 35.9 Å². The van der Waals surface area contributed by atoms with Crippen molar-refractivity contribution in [2.75, 3.05) is 6.61 Å². The lowest BCUT2D eigenvalue weighted by Gasteiger charge is -2.06. The molecule has 1 amide bonds. The van der Waals surface area contributed by atoms with Gasteiger partial charge in [0.05, 0.1) is 0 Å². The first-order valence-electron chi connectivity index (χ1n) is 4.50. The van der Waals surface area contributed by atoms with Crippen molar-refractivity contribution in [3.8, 4) is 5.75 Å². The third-order valence-electron chi connectivity index (χ3n) is 1.70. The number of carboxylic acids is 1. The highest BCUT2D eigenvalue weighted by atomic mass is 16.5. The molecule has 1 rings (SSSR count). The molecule has 0 aromatic heterocycles.